The first-order valence-corrected chi connectivity index (χ1v) is 14.5. The van der Waals surface area contributed by atoms with E-state index in [1.165, 1.54) is 41.5 Å². The van der Waals surface area contributed by atoms with Crippen LogP contribution in [-0.4, -0.2) is 42.2 Å². The van der Waals surface area contributed by atoms with Crippen LogP contribution in [0.2, 0.25) is 0 Å². The van der Waals surface area contributed by atoms with Crippen LogP contribution in [0.25, 0.3) is 0 Å². The van der Waals surface area contributed by atoms with Gasteiger partial charge in [-0.25, -0.2) is 4.74 Å². The van der Waals surface area contributed by atoms with Crippen molar-refractivity contribution in [3.63, 3.8) is 0 Å². The molecule has 2 aromatic rings. The number of carbonyl (C=O) groups is 2. The summed E-state index contributed by atoms with van der Waals surface area (Å²) in [4.78, 5) is 25.3. The summed E-state index contributed by atoms with van der Waals surface area (Å²) in [6.07, 6.45) is -1.54. The number of rotatable bonds is 12. The van der Waals surface area contributed by atoms with Gasteiger partial charge in [0.05, 0.1) is 17.3 Å². The molecule has 0 aliphatic heterocycles. The molecule has 2 rings (SSSR count). The highest BCUT2D eigenvalue weighted by molar-refractivity contribution is 7.91. The van der Waals surface area contributed by atoms with Crippen molar-refractivity contribution in [2.45, 2.75) is 71.6 Å². The van der Waals surface area contributed by atoms with Gasteiger partial charge in [0, 0.05) is 6.42 Å². The summed E-state index contributed by atoms with van der Waals surface area (Å²) in [6.45, 7) is 6.89. The van der Waals surface area contributed by atoms with Gasteiger partial charge in [-0.05, 0) is 59.2 Å². The van der Waals surface area contributed by atoms with E-state index in [9.17, 15) is 27.1 Å². The number of ether oxygens (including phenoxy) is 4. The minimum Gasteiger partial charge on any atom is -0.490 e. The first-order chi connectivity index (χ1) is 18.0. The molecule has 0 amide bonds. The molecule has 0 aromatic heterocycles. The zero-order valence-corrected chi connectivity index (χ0v) is 24.7. The van der Waals surface area contributed by atoms with Crippen molar-refractivity contribution in [3.8, 4) is 5.75 Å². The molecule has 0 spiro atoms. The van der Waals surface area contributed by atoms with Crippen LogP contribution in [0.15, 0.2) is 60.7 Å². The average molecular weight is 584 g/mol. The Balaban J connectivity index is 2.52. The molecule has 12 heteroatoms. The third-order valence-electron chi connectivity index (χ3n) is 5.34. The number of hydrogen-bond acceptors (Lipinski definition) is 9. The van der Waals surface area contributed by atoms with E-state index in [0.717, 1.165) is 5.56 Å². The molecular weight excluding hydrogens is 547 g/mol. The second kappa shape index (κ2) is 13.0. The molecule has 2 unspecified atom stereocenters. The molecule has 0 radical (unpaired) electrons. The van der Waals surface area contributed by atoms with Crippen LogP contribution < -0.4 is 4.74 Å². The van der Waals surface area contributed by atoms with E-state index in [1.807, 2.05) is 0 Å². The smallest absolute Gasteiger partial charge is 0.396 e. The Labute approximate surface area is 230 Å². The lowest BCUT2D eigenvalue weighted by molar-refractivity contribution is -0.285. The van der Waals surface area contributed by atoms with Crippen molar-refractivity contribution < 1.29 is 46.1 Å². The molecule has 0 aliphatic rings. The van der Waals surface area contributed by atoms with Gasteiger partial charge in [0.1, 0.15) is 11.9 Å². The molecule has 39 heavy (non-hydrogen) atoms. The largest absolute Gasteiger partial charge is 0.490 e. The van der Waals surface area contributed by atoms with Crippen molar-refractivity contribution in [1.29, 1.82) is 0 Å². The summed E-state index contributed by atoms with van der Waals surface area (Å²) >= 11 is 0. The van der Waals surface area contributed by atoms with Gasteiger partial charge in [-0.2, -0.15) is 8.42 Å². The molecule has 0 bridgehead atoms. The van der Waals surface area contributed by atoms with Crippen LogP contribution >= 0.6 is 8.46 Å². The van der Waals surface area contributed by atoms with Gasteiger partial charge < -0.3 is 14.2 Å². The highest BCUT2D eigenvalue weighted by Crippen LogP contribution is 2.39. The maximum Gasteiger partial charge on any atom is 0.396 e. The molecule has 0 heterocycles. The van der Waals surface area contributed by atoms with Gasteiger partial charge in [-0.15, -0.1) is 0 Å². The fraction of sp³-hybridized carbons (Fsp3) is 0.481. The van der Waals surface area contributed by atoms with Crippen LogP contribution in [0.1, 0.15) is 53.5 Å². The monoisotopic (exact) mass is 583 g/mol. The van der Waals surface area contributed by atoms with E-state index in [2.05, 4.69) is 0 Å². The summed E-state index contributed by atoms with van der Waals surface area (Å²) in [6, 6.07) is 17.4. The average Bonchev–Trinajstić information content (AvgIpc) is 2.82. The van der Waals surface area contributed by atoms with Crippen LogP contribution in [0.5, 0.6) is 5.75 Å². The Bertz CT molecular complexity index is 1150. The van der Waals surface area contributed by atoms with E-state index in [-0.39, 0.29) is 6.42 Å². The van der Waals surface area contributed by atoms with Crippen LogP contribution in [0.3, 0.4) is 0 Å². The molecule has 2 aromatic carbocycles. The molecule has 10 nitrogen and oxygen atoms in total. The second-order valence-corrected chi connectivity index (χ2v) is 14.0. The Kier molecular flexibility index (Phi) is 10.8. The molecule has 214 valence electrons. The standard InChI is InChI=1S/C27H35O10PS/c1-25(2,3)22(28)35-24(36-23(29)26(4,5)6)37-27(38-30,39(31,32)33)18-21(17-19-13-9-7-10-14-19)34-20-15-11-8-12-16-20/h7-16,21,24H,17-18H2,1-6H3,(H,31,32,33)/p+1/t21?,27-/m0/s1. The first-order valence-electron chi connectivity index (χ1n) is 12.2. The Hall–Kier alpha value is -2.85. The molecule has 3 atom stereocenters. The van der Waals surface area contributed by atoms with Crippen LogP contribution in [0.4, 0.5) is 0 Å². The van der Waals surface area contributed by atoms with Gasteiger partial charge in [-0.3, -0.25) is 14.1 Å². The lowest BCUT2D eigenvalue weighted by Gasteiger charge is -2.30. The number of carbonyl (C=O) groups excluding carboxylic acids is 2. The highest BCUT2D eigenvalue weighted by atomic mass is 32.2. The van der Waals surface area contributed by atoms with Gasteiger partial charge in [0.25, 0.3) is 0 Å². The van der Waals surface area contributed by atoms with Gasteiger partial charge in [-0.1, -0.05) is 53.1 Å². The molecule has 0 aliphatic carbocycles. The lowest BCUT2D eigenvalue weighted by Crippen LogP contribution is -2.47. The van der Waals surface area contributed by atoms with Crippen molar-refractivity contribution >= 4 is 30.5 Å². The second-order valence-electron chi connectivity index (χ2n) is 11.0. The lowest BCUT2D eigenvalue weighted by atomic mass is 9.97. The third-order valence-corrected chi connectivity index (χ3v) is 8.09. The summed E-state index contributed by atoms with van der Waals surface area (Å²) in [5.41, 5.74) is -1.43. The Morgan fingerprint density at radius 1 is 0.846 bits per heavy atom. The van der Waals surface area contributed by atoms with E-state index in [0.29, 0.717) is 5.75 Å². The predicted octanol–water partition coefficient (Wildman–Crippen LogP) is 5.11. The van der Waals surface area contributed by atoms with E-state index in [4.69, 9.17) is 18.9 Å². The fourth-order valence-corrected chi connectivity index (χ4v) is 4.59. The minimum absolute atomic E-state index is 0.134. The fourth-order valence-electron chi connectivity index (χ4n) is 3.11. The number of hydrogen-bond donors (Lipinski definition) is 1. The van der Waals surface area contributed by atoms with E-state index in [1.54, 1.807) is 60.7 Å². The normalized spacial score (nSPS) is 14.9. The summed E-state index contributed by atoms with van der Waals surface area (Å²) in [5.74, 6) is -1.41. The summed E-state index contributed by atoms with van der Waals surface area (Å²) in [7, 11) is -7.11. The molecule has 0 saturated carbocycles. The molecular formula is C27H36O10PS+. The number of benzene rings is 2. The zero-order valence-electron chi connectivity index (χ0n) is 22.9. The Morgan fingerprint density at radius 3 is 1.72 bits per heavy atom. The number of esters is 2. The quantitative estimate of drug-likeness (QED) is 0.155. The topological polar surface area (TPSA) is 142 Å². The predicted molar refractivity (Wildman–Crippen MR) is 145 cm³/mol. The van der Waals surface area contributed by atoms with E-state index >= 15 is 0 Å². The number of para-hydroxylation sites is 1. The van der Waals surface area contributed by atoms with Gasteiger partial charge in [0.2, 0.25) is 0 Å². The van der Waals surface area contributed by atoms with Crippen molar-refractivity contribution in [2.24, 2.45) is 10.8 Å². The van der Waals surface area contributed by atoms with Gasteiger partial charge in [0.15, 0.2) is 0 Å². The SMILES string of the molecule is CC(C)(C)C(=O)OC(OC(=O)C(C)(C)C)O[C@@](CC(Cc1ccccc1)Oc1ccccc1)([PH+]=O)S(=O)(=O)O. The molecule has 0 saturated heterocycles. The van der Waals surface area contributed by atoms with Gasteiger partial charge >= 0.3 is 41.7 Å². The Morgan fingerprint density at radius 2 is 1.31 bits per heavy atom. The zero-order chi connectivity index (χ0) is 29.5. The summed E-state index contributed by atoms with van der Waals surface area (Å²) in [5, 5.41) is 0. The van der Waals surface area contributed by atoms with Crippen LogP contribution in [0, 0.1) is 10.8 Å². The van der Waals surface area contributed by atoms with Crippen molar-refractivity contribution in [3.05, 3.63) is 66.2 Å². The maximum absolute atomic E-state index is 12.7. The molecule has 0 fully saturated rings. The minimum atomic E-state index is -5.28. The third kappa shape index (κ3) is 9.69. The van der Waals surface area contributed by atoms with Crippen molar-refractivity contribution in [2.75, 3.05) is 0 Å². The highest BCUT2D eigenvalue weighted by Gasteiger charge is 2.59. The summed E-state index contributed by atoms with van der Waals surface area (Å²) < 4.78 is 67.3. The van der Waals surface area contributed by atoms with Crippen molar-refractivity contribution in [1.82, 2.24) is 0 Å². The van der Waals surface area contributed by atoms with E-state index < -0.39 is 65.0 Å². The first kappa shape index (κ1) is 32.4. The molecule has 1 N–H and O–H groups in total. The maximum atomic E-state index is 12.7. The van der Waals surface area contributed by atoms with Crippen LogP contribution in [-0.2, 0) is 44.9 Å².